The molecule has 0 radical (unpaired) electrons. The zero-order valence-corrected chi connectivity index (χ0v) is 12.9. The van der Waals surface area contributed by atoms with Crippen LogP contribution in [-0.4, -0.2) is 19.1 Å². The van der Waals surface area contributed by atoms with E-state index < -0.39 is 0 Å². The molecule has 1 N–H and O–H groups in total. The average Bonchev–Trinajstić information content (AvgIpc) is 2.91. The highest BCUT2D eigenvalue weighted by Crippen LogP contribution is 2.31. The third-order valence-electron chi connectivity index (χ3n) is 3.13. The van der Waals surface area contributed by atoms with E-state index in [1.54, 1.807) is 11.3 Å². The van der Waals surface area contributed by atoms with Gasteiger partial charge in [0, 0.05) is 24.7 Å². The summed E-state index contributed by atoms with van der Waals surface area (Å²) in [5, 5.41) is 5.88. The van der Waals surface area contributed by atoms with Crippen LogP contribution >= 0.6 is 22.9 Å². The Hall–Kier alpha value is -1.10. The van der Waals surface area contributed by atoms with Crippen LogP contribution in [0, 0.1) is 0 Å². The molecule has 0 fully saturated rings. The summed E-state index contributed by atoms with van der Waals surface area (Å²) >= 11 is 8.09. The molecule has 19 heavy (non-hydrogen) atoms. The molecule has 1 unspecified atom stereocenters. The van der Waals surface area contributed by atoms with Gasteiger partial charge in [-0.15, -0.1) is 11.3 Å². The Kier molecular flexibility index (Phi) is 4.80. The second-order valence-electron chi connectivity index (χ2n) is 4.48. The van der Waals surface area contributed by atoms with E-state index in [-0.39, 0.29) is 6.04 Å². The van der Waals surface area contributed by atoms with Crippen molar-refractivity contribution >= 4 is 28.8 Å². The fourth-order valence-electron chi connectivity index (χ4n) is 1.93. The fraction of sp³-hybridized carbons (Fsp3) is 0.357. The Morgan fingerprint density at radius 3 is 2.89 bits per heavy atom. The van der Waals surface area contributed by atoms with Crippen molar-refractivity contribution in [2.45, 2.75) is 19.5 Å². The zero-order chi connectivity index (χ0) is 13.8. The molecular formula is C14H18ClN3S. The molecule has 0 saturated carbocycles. The first-order valence-corrected chi connectivity index (χ1v) is 7.44. The highest BCUT2D eigenvalue weighted by Gasteiger charge is 2.17. The number of thiophene rings is 1. The Morgan fingerprint density at radius 1 is 1.53 bits per heavy atom. The van der Waals surface area contributed by atoms with Gasteiger partial charge in [0.1, 0.15) is 5.82 Å². The molecule has 0 aliphatic heterocycles. The van der Waals surface area contributed by atoms with Gasteiger partial charge in [0.25, 0.3) is 0 Å². The number of hydrogen-bond donors (Lipinski definition) is 1. The molecule has 2 heterocycles. The molecule has 2 aromatic heterocycles. The monoisotopic (exact) mass is 295 g/mol. The summed E-state index contributed by atoms with van der Waals surface area (Å²) < 4.78 is 0. The highest BCUT2D eigenvalue weighted by molar-refractivity contribution is 7.10. The maximum atomic E-state index is 6.34. The van der Waals surface area contributed by atoms with Gasteiger partial charge in [-0.3, -0.25) is 0 Å². The molecule has 2 rings (SSSR count). The topological polar surface area (TPSA) is 28.2 Å². The number of nitrogens with zero attached hydrogens (tertiary/aromatic N) is 2. The van der Waals surface area contributed by atoms with Crippen molar-refractivity contribution in [1.82, 2.24) is 10.3 Å². The first-order chi connectivity index (χ1) is 9.13. The van der Waals surface area contributed by atoms with Gasteiger partial charge in [-0.05, 0) is 37.0 Å². The molecule has 0 amide bonds. The van der Waals surface area contributed by atoms with Crippen molar-refractivity contribution < 1.29 is 0 Å². The minimum Gasteiger partial charge on any atom is -0.351 e. The smallest absolute Gasteiger partial charge is 0.147 e. The standard InChI is InChI=1S/C14H18ClN3S/c1-10(13-5-4-6-19-13)18(3)14-12(15)7-11(8-16-2)9-17-14/h4-7,9-10,16H,8H2,1-3H3. The summed E-state index contributed by atoms with van der Waals surface area (Å²) in [6, 6.07) is 6.43. The summed E-state index contributed by atoms with van der Waals surface area (Å²) in [7, 11) is 3.93. The van der Waals surface area contributed by atoms with Crippen LogP contribution in [0.15, 0.2) is 29.8 Å². The van der Waals surface area contributed by atoms with Crippen LogP contribution in [0.4, 0.5) is 5.82 Å². The number of anilines is 1. The van der Waals surface area contributed by atoms with Gasteiger partial charge in [0.2, 0.25) is 0 Å². The second kappa shape index (κ2) is 6.37. The summed E-state index contributed by atoms with van der Waals surface area (Å²) in [4.78, 5) is 7.90. The molecule has 0 bridgehead atoms. The maximum absolute atomic E-state index is 6.34. The normalized spacial score (nSPS) is 12.4. The highest BCUT2D eigenvalue weighted by atomic mass is 35.5. The van der Waals surface area contributed by atoms with Crippen LogP contribution in [0.2, 0.25) is 5.02 Å². The van der Waals surface area contributed by atoms with Gasteiger partial charge < -0.3 is 10.2 Å². The van der Waals surface area contributed by atoms with Crippen molar-refractivity contribution in [3.05, 3.63) is 45.2 Å². The third kappa shape index (κ3) is 3.26. The van der Waals surface area contributed by atoms with Crippen molar-refractivity contribution in [2.75, 3.05) is 19.0 Å². The minimum atomic E-state index is 0.264. The van der Waals surface area contributed by atoms with E-state index in [4.69, 9.17) is 11.6 Å². The van der Waals surface area contributed by atoms with E-state index in [0.717, 1.165) is 17.9 Å². The van der Waals surface area contributed by atoms with Gasteiger partial charge in [-0.25, -0.2) is 4.98 Å². The minimum absolute atomic E-state index is 0.264. The number of rotatable bonds is 5. The van der Waals surface area contributed by atoms with Gasteiger partial charge in [-0.2, -0.15) is 0 Å². The Labute approximate surface area is 123 Å². The molecular weight excluding hydrogens is 278 g/mol. The molecule has 0 aromatic carbocycles. The quantitative estimate of drug-likeness (QED) is 0.911. The zero-order valence-electron chi connectivity index (χ0n) is 11.4. The summed E-state index contributed by atoms with van der Waals surface area (Å²) in [5.41, 5.74) is 1.09. The van der Waals surface area contributed by atoms with E-state index in [9.17, 15) is 0 Å². The maximum Gasteiger partial charge on any atom is 0.147 e. The van der Waals surface area contributed by atoms with Crippen molar-refractivity contribution in [3.8, 4) is 0 Å². The van der Waals surface area contributed by atoms with E-state index in [1.807, 2.05) is 26.4 Å². The molecule has 2 aromatic rings. The Morgan fingerprint density at radius 2 is 2.32 bits per heavy atom. The molecule has 3 nitrogen and oxygen atoms in total. The molecule has 0 aliphatic rings. The summed E-state index contributed by atoms with van der Waals surface area (Å²) in [6.07, 6.45) is 1.87. The van der Waals surface area contributed by atoms with Crippen molar-refractivity contribution in [2.24, 2.45) is 0 Å². The molecule has 0 aliphatic carbocycles. The first-order valence-electron chi connectivity index (χ1n) is 6.18. The number of nitrogens with one attached hydrogen (secondary N) is 1. The van der Waals surface area contributed by atoms with Crippen LogP contribution in [0.3, 0.4) is 0 Å². The Balaban J connectivity index is 2.21. The number of hydrogen-bond acceptors (Lipinski definition) is 4. The van der Waals surface area contributed by atoms with E-state index >= 15 is 0 Å². The molecule has 1 atom stereocenters. The molecule has 102 valence electrons. The first kappa shape index (κ1) is 14.3. The summed E-state index contributed by atoms with van der Waals surface area (Å²) in [6.45, 7) is 2.93. The predicted octanol–water partition coefficient (Wildman–Crippen LogP) is 3.71. The lowest BCUT2D eigenvalue weighted by Gasteiger charge is -2.26. The van der Waals surface area contributed by atoms with E-state index in [1.165, 1.54) is 4.88 Å². The number of pyridine rings is 1. The van der Waals surface area contributed by atoms with Gasteiger partial charge in [0.15, 0.2) is 0 Å². The van der Waals surface area contributed by atoms with Crippen LogP contribution in [0.1, 0.15) is 23.4 Å². The average molecular weight is 296 g/mol. The predicted molar refractivity (Wildman–Crippen MR) is 83.1 cm³/mol. The van der Waals surface area contributed by atoms with Crippen LogP contribution in [-0.2, 0) is 6.54 Å². The lowest BCUT2D eigenvalue weighted by molar-refractivity contribution is 0.739. The van der Waals surface area contributed by atoms with Gasteiger partial charge in [0.05, 0.1) is 11.1 Å². The Bertz CT molecular complexity index is 527. The number of halogens is 1. The number of aromatic nitrogens is 1. The summed E-state index contributed by atoms with van der Waals surface area (Å²) in [5.74, 6) is 0.822. The second-order valence-corrected chi connectivity index (χ2v) is 5.87. The van der Waals surface area contributed by atoms with Gasteiger partial charge >= 0.3 is 0 Å². The van der Waals surface area contributed by atoms with Crippen LogP contribution < -0.4 is 10.2 Å². The molecule has 0 spiro atoms. The van der Waals surface area contributed by atoms with Crippen molar-refractivity contribution in [1.29, 1.82) is 0 Å². The third-order valence-corrected chi connectivity index (χ3v) is 4.45. The lowest BCUT2D eigenvalue weighted by Crippen LogP contribution is -2.22. The van der Waals surface area contributed by atoms with Crippen LogP contribution in [0.5, 0.6) is 0 Å². The van der Waals surface area contributed by atoms with E-state index in [0.29, 0.717) is 5.02 Å². The van der Waals surface area contributed by atoms with Crippen LogP contribution in [0.25, 0.3) is 0 Å². The fourth-order valence-corrected chi connectivity index (χ4v) is 3.08. The van der Waals surface area contributed by atoms with Gasteiger partial charge in [-0.1, -0.05) is 17.7 Å². The van der Waals surface area contributed by atoms with E-state index in [2.05, 4.69) is 39.6 Å². The SMILES string of the molecule is CNCc1cnc(N(C)C(C)c2cccs2)c(Cl)c1. The molecule has 0 saturated heterocycles. The van der Waals surface area contributed by atoms with Crippen molar-refractivity contribution in [3.63, 3.8) is 0 Å². The molecule has 5 heteroatoms. The lowest BCUT2D eigenvalue weighted by atomic mass is 10.2. The largest absolute Gasteiger partial charge is 0.351 e.